The predicted octanol–water partition coefficient (Wildman–Crippen LogP) is 3.20. The monoisotopic (exact) mass is 313 g/mol. The first kappa shape index (κ1) is 16.7. The molecule has 0 aromatic heterocycles. The maximum atomic E-state index is 5.31. The first-order valence-electron chi connectivity index (χ1n) is 7.41. The fourth-order valence-corrected chi connectivity index (χ4v) is 2.24. The van der Waals surface area contributed by atoms with Crippen LogP contribution in [0, 0.1) is 6.92 Å². The fraction of sp³-hybridized carbons (Fsp3) is 0.278. The number of nitrogens with zero attached hydrogens (tertiary/aromatic N) is 1. The van der Waals surface area contributed by atoms with Crippen LogP contribution in [0.25, 0.3) is 0 Å². The maximum Gasteiger partial charge on any atom is 0.195 e. The lowest BCUT2D eigenvalue weighted by atomic mass is 10.1. The number of ether oxygens (including phenoxy) is 2. The third-order valence-electron chi connectivity index (χ3n) is 3.41. The Morgan fingerprint density at radius 1 is 1.04 bits per heavy atom. The Balaban J connectivity index is 2.02. The maximum absolute atomic E-state index is 5.31. The molecule has 0 spiro atoms. The summed E-state index contributed by atoms with van der Waals surface area (Å²) < 4.78 is 10.5. The first-order valence-corrected chi connectivity index (χ1v) is 7.41. The zero-order chi connectivity index (χ0) is 16.7. The highest BCUT2D eigenvalue weighted by Crippen LogP contribution is 2.29. The third kappa shape index (κ3) is 4.64. The van der Waals surface area contributed by atoms with Gasteiger partial charge in [-0.15, -0.1) is 0 Å². The minimum Gasteiger partial charge on any atom is -0.493 e. The van der Waals surface area contributed by atoms with Gasteiger partial charge in [-0.2, -0.15) is 0 Å². The lowest BCUT2D eigenvalue weighted by Crippen LogP contribution is -2.30. The van der Waals surface area contributed by atoms with E-state index in [1.807, 2.05) is 18.2 Å². The zero-order valence-corrected chi connectivity index (χ0v) is 14.0. The van der Waals surface area contributed by atoms with E-state index >= 15 is 0 Å². The standard InChI is InChI=1S/C18H23N3O2/c1-13-6-5-7-14(10-13)12-20-18(19-2)21-15-8-9-16(22-3)17(11-15)23-4/h5-11H,12H2,1-4H3,(H2,19,20,21). The second-order valence-electron chi connectivity index (χ2n) is 5.11. The Hall–Kier alpha value is -2.69. The van der Waals surface area contributed by atoms with Crippen LogP contribution in [-0.2, 0) is 6.54 Å². The van der Waals surface area contributed by atoms with Gasteiger partial charge in [0.25, 0.3) is 0 Å². The molecular weight excluding hydrogens is 290 g/mol. The minimum atomic E-state index is 0.673. The lowest BCUT2D eigenvalue weighted by molar-refractivity contribution is 0.355. The number of hydrogen-bond acceptors (Lipinski definition) is 3. The van der Waals surface area contributed by atoms with E-state index in [0.29, 0.717) is 24.0 Å². The highest BCUT2D eigenvalue weighted by atomic mass is 16.5. The SMILES string of the molecule is CN=C(NCc1cccc(C)c1)Nc1ccc(OC)c(OC)c1. The molecular formula is C18H23N3O2. The van der Waals surface area contributed by atoms with Gasteiger partial charge in [0.1, 0.15) is 0 Å². The van der Waals surface area contributed by atoms with E-state index in [9.17, 15) is 0 Å². The molecule has 2 N–H and O–H groups in total. The molecule has 0 fully saturated rings. The van der Waals surface area contributed by atoms with Crippen LogP contribution in [0.4, 0.5) is 5.69 Å². The van der Waals surface area contributed by atoms with Crippen LogP contribution in [0.5, 0.6) is 11.5 Å². The van der Waals surface area contributed by atoms with Crippen molar-refractivity contribution in [1.29, 1.82) is 0 Å². The number of hydrogen-bond donors (Lipinski definition) is 2. The van der Waals surface area contributed by atoms with Gasteiger partial charge in [-0.25, -0.2) is 0 Å². The zero-order valence-electron chi connectivity index (χ0n) is 14.0. The predicted molar refractivity (Wildman–Crippen MR) is 94.5 cm³/mol. The number of guanidine groups is 1. The summed E-state index contributed by atoms with van der Waals surface area (Å²) in [5.74, 6) is 2.06. The van der Waals surface area contributed by atoms with E-state index in [2.05, 4.69) is 46.8 Å². The van der Waals surface area contributed by atoms with Gasteiger partial charge in [0.15, 0.2) is 17.5 Å². The van der Waals surface area contributed by atoms with Crippen LogP contribution in [0.15, 0.2) is 47.5 Å². The normalized spacial score (nSPS) is 11.0. The van der Waals surface area contributed by atoms with Crippen LogP contribution < -0.4 is 20.1 Å². The number of aliphatic imine (C=N–C) groups is 1. The molecule has 0 saturated carbocycles. The van der Waals surface area contributed by atoms with Crippen molar-refractivity contribution < 1.29 is 9.47 Å². The van der Waals surface area contributed by atoms with E-state index < -0.39 is 0 Å². The van der Waals surface area contributed by atoms with Gasteiger partial charge in [0.05, 0.1) is 14.2 Å². The van der Waals surface area contributed by atoms with Crippen LogP contribution in [0.2, 0.25) is 0 Å². The van der Waals surface area contributed by atoms with E-state index in [1.54, 1.807) is 21.3 Å². The molecule has 5 heteroatoms. The van der Waals surface area contributed by atoms with E-state index in [0.717, 1.165) is 5.69 Å². The van der Waals surface area contributed by atoms with Crippen LogP contribution in [0.3, 0.4) is 0 Å². The van der Waals surface area contributed by atoms with E-state index in [-0.39, 0.29) is 0 Å². The van der Waals surface area contributed by atoms with Crippen molar-refractivity contribution in [2.24, 2.45) is 4.99 Å². The van der Waals surface area contributed by atoms with Crippen molar-refractivity contribution in [3.05, 3.63) is 53.6 Å². The van der Waals surface area contributed by atoms with Crippen LogP contribution >= 0.6 is 0 Å². The lowest BCUT2D eigenvalue weighted by Gasteiger charge is -2.14. The summed E-state index contributed by atoms with van der Waals surface area (Å²) in [6.07, 6.45) is 0. The van der Waals surface area contributed by atoms with Crippen molar-refractivity contribution in [2.45, 2.75) is 13.5 Å². The Kier molecular flexibility index (Phi) is 5.86. The number of nitrogens with one attached hydrogen (secondary N) is 2. The van der Waals surface area contributed by atoms with Crippen molar-refractivity contribution in [3.8, 4) is 11.5 Å². The molecule has 0 bridgehead atoms. The topological polar surface area (TPSA) is 54.9 Å². The number of benzene rings is 2. The summed E-state index contributed by atoms with van der Waals surface area (Å²) in [5.41, 5.74) is 3.33. The molecule has 5 nitrogen and oxygen atoms in total. The van der Waals surface area contributed by atoms with E-state index in [1.165, 1.54) is 11.1 Å². The van der Waals surface area contributed by atoms with Gasteiger partial charge in [-0.1, -0.05) is 29.8 Å². The quantitative estimate of drug-likeness (QED) is 0.657. The average Bonchev–Trinajstić information content (AvgIpc) is 2.58. The molecule has 0 saturated heterocycles. The van der Waals surface area contributed by atoms with Crippen molar-refractivity contribution in [3.63, 3.8) is 0 Å². The summed E-state index contributed by atoms with van der Waals surface area (Å²) in [7, 11) is 4.98. The molecule has 0 atom stereocenters. The van der Waals surface area contributed by atoms with Gasteiger partial charge in [-0.3, -0.25) is 4.99 Å². The second kappa shape index (κ2) is 8.08. The minimum absolute atomic E-state index is 0.673. The molecule has 0 heterocycles. The molecule has 0 aliphatic heterocycles. The molecule has 0 aliphatic rings. The van der Waals surface area contributed by atoms with E-state index in [4.69, 9.17) is 9.47 Å². The van der Waals surface area contributed by atoms with Crippen molar-refractivity contribution in [1.82, 2.24) is 5.32 Å². The molecule has 2 rings (SSSR count). The van der Waals surface area contributed by atoms with Gasteiger partial charge in [-0.05, 0) is 24.6 Å². The molecule has 2 aromatic rings. The highest BCUT2D eigenvalue weighted by Gasteiger charge is 2.06. The molecule has 0 amide bonds. The summed E-state index contributed by atoms with van der Waals surface area (Å²) in [6.45, 7) is 2.79. The highest BCUT2D eigenvalue weighted by molar-refractivity contribution is 5.93. The Morgan fingerprint density at radius 2 is 1.83 bits per heavy atom. The van der Waals surface area contributed by atoms with Crippen LogP contribution in [0.1, 0.15) is 11.1 Å². The van der Waals surface area contributed by atoms with Gasteiger partial charge >= 0.3 is 0 Å². The number of anilines is 1. The number of aryl methyl sites for hydroxylation is 1. The van der Waals surface area contributed by atoms with Crippen LogP contribution in [-0.4, -0.2) is 27.2 Å². The molecule has 23 heavy (non-hydrogen) atoms. The Bertz CT molecular complexity index is 684. The Morgan fingerprint density at radius 3 is 2.48 bits per heavy atom. The third-order valence-corrected chi connectivity index (χ3v) is 3.41. The summed E-state index contributed by atoms with van der Waals surface area (Å²) in [4.78, 5) is 4.24. The van der Waals surface area contributed by atoms with Crippen molar-refractivity contribution in [2.75, 3.05) is 26.6 Å². The molecule has 2 aromatic carbocycles. The summed E-state index contributed by atoms with van der Waals surface area (Å²) in [5, 5.41) is 6.54. The van der Waals surface area contributed by atoms with Crippen molar-refractivity contribution >= 4 is 11.6 Å². The Labute approximate surface area is 137 Å². The van der Waals surface area contributed by atoms with Gasteiger partial charge in [0, 0.05) is 25.3 Å². The molecule has 0 unspecified atom stereocenters. The van der Waals surface area contributed by atoms with Gasteiger partial charge < -0.3 is 20.1 Å². The first-order chi connectivity index (χ1) is 11.2. The summed E-state index contributed by atoms with van der Waals surface area (Å²) in [6, 6.07) is 14.0. The smallest absolute Gasteiger partial charge is 0.195 e. The van der Waals surface area contributed by atoms with Gasteiger partial charge in [0.2, 0.25) is 0 Å². The largest absolute Gasteiger partial charge is 0.493 e. The molecule has 0 aliphatic carbocycles. The fourth-order valence-electron chi connectivity index (χ4n) is 2.24. The summed E-state index contributed by atoms with van der Waals surface area (Å²) >= 11 is 0. The number of rotatable bonds is 5. The molecule has 122 valence electrons. The average molecular weight is 313 g/mol. The molecule has 0 radical (unpaired) electrons. The number of methoxy groups -OCH3 is 2. The second-order valence-corrected chi connectivity index (χ2v) is 5.11.